The van der Waals surface area contributed by atoms with E-state index in [1.807, 2.05) is 18.7 Å². The van der Waals surface area contributed by atoms with Gasteiger partial charge in [0.05, 0.1) is 0 Å². The number of amides is 2. The van der Waals surface area contributed by atoms with Crippen LogP contribution in [0.2, 0.25) is 0 Å². The standard InChI is InChI=1S/C15H30N2O2/c1-5-8-9-11-17(13(4)18)12-10-16-15(19)14(6-2)7-3/h14H,5-12H2,1-4H3,(H,16,19). The Bertz CT molecular complexity index is 263. The number of nitrogens with zero attached hydrogens (tertiary/aromatic N) is 1. The van der Waals surface area contributed by atoms with Gasteiger partial charge in [-0.2, -0.15) is 0 Å². The first kappa shape index (κ1) is 17.9. The van der Waals surface area contributed by atoms with E-state index in [4.69, 9.17) is 0 Å². The Morgan fingerprint density at radius 3 is 2.16 bits per heavy atom. The van der Waals surface area contributed by atoms with Gasteiger partial charge in [-0.25, -0.2) is 0 Å². The summed E-state index contributed by atoms with van der Waals surface area (Å²) in [5, 5.41) is 2.93. The number of hydrogen-bond donors (Lipinski definition) is 1. The molecule has 4 nitrogen and oxygen atoms in total. The molecule has 0 atom stereocenters. The average molecular weight is 270 g/mol. The van der Waals surface area contributed by atoms with E-state index in [1.165, 1.54) is 0 Å². The summed E-state index contributed by atoms with van der Waals surface area (Å²) >= 11 is 0. The van der Waals surface area contributed by atoms with E-state index in [-0.39, 0.29) is 17.7 Å². The van der Waals surface area contributed by atoms with Crippen molar-refractivity contribution < 1.29 is 9.59 Å². The highest BCUT2D eigenvalue weighted by Gasteiger charge is 2.14. The van der Waals surface area contributed by atoms with Gasteiger partial charge in [0.2, 0.25) is 11.8 Å². The zero-order valence-corrected chi connectivity index (χ0v) is 13.0. The normalized spacial score (nSPS) is 10.6. The molecule has 0 aromatic rings. The van der Waals surface area contributed by atoms with Gasteiger partial charge in [-0.1, -0.05) is 33.6 Å². The van der Waals surface area contributed by atoms with Crippen molar-refractivity contribution in [1.29, 1.82) is 0 Å². The molecule has 0 saturated heterocycles. The lowest BCUT2D eigenvalue weighted by molar-refractivity contribution is -0.130. The van der Waals surface area contributed by atoms with Gasteiger partial charge < -0.3 is 10.2 Å². The molecule has 0 heterocycles. The molecule has 0 rings (SSSR count). The Morgan fingerprint density at radius 2 is 1.68 bits per heavy atom. The molecule has 0 saturated carbocycles. The highest BCUT2D eigenvalue weighted by atomic mass is 16.2. The van der Waals surface area contributed by atoms with Gasteiger partial charge in [-0.3, -0.25) is 9.59 Å². The molecule has 4 heteroatoms. The second kappa shape index (κ2) is 10.8. The van der Waals surface area contributed by atoms with Gasteiger partial charge in [0.1, 0.15) is 0 Å². The van der Waals surface area contributed by atoms with Gasteiger partial charge in [-0.15, -0.1) is 0 Å². The molecule has 0 aliphatic carbocycles. The molecule has 112 valence electrons. The van der Waals surface area contributed by atoms with Crippen LogP contribution >= 0.6 is 0 Å². The molecular weight excluding hydrogens is 240 g/mol. The summed E-state index contributed by atoms with van der Waals surface area (Å²) in [4.78, 5) is 25.1. The maximum absolute atomic E-state index is 11.8. The lowest BCUT2D eigenvalue weighted by Crippen LogP contribution is -2.39. The Labute approximate surface area is 117 Å². The van der Waals surface area contributed by atoms with Crippen molar-refractivity contribution in [2.24, 2.45) is 5.92 Å². The fraction of sp³-hybridized carbons (Fsp3) is 0.867. The highest BCUT2D eigenvalue weighted by molar-refractivity contribution is 5.78. The van der Waals surface area contributed by atoms with Crippen molar-refractivity contribution in [1.82, 2.24) is 10.2 Å². The topological polar surface area (TPSA) is 49.4 Å². The van der Waals surface area contributed by atoms with Gasteiger partial charge in [0, 0.05) is 32.5 Å². The summed E-state index contributed by atoms with van der Waals surface area (Å²) in [6, 6.07) is 0. The molecule has 2 amide bonds. The molecule has 1 N–H and O–H groups in total. The Balaban J connectivity index is 3.98. The number of unbranched alkanes of at least 4 members (excludes halogenated alkanes) is 2. The van der Waals surface area contributed by atoms with E-state index < -0.39 is 0 Å². The maximum Gasteiger partial charge on any atom is 0.223 e. The van der Waals surface area contributed by atoms with E-state index in [9.17, 15) is 9.59 Å². The van der Waals surface area contributed by atoms with Gasteiger partial charge in [0.15, 0.2) is 0 Å². The lowest BCUT2D eigenvalue weighted by Gasteiger charge is -2.22. The van der Waals surface area contributed by atoms with Crippen molar-refractivity contribution in [3.05, 3.63) is 0 Å². The minimum Gasteiger partial charge on any atom is -0.354 e. The Morgan fingerprint density at radius 1 is 1.05 bits per heavy atom. The van der Waals surface area contributed by atoms with E-state index in [2.05, 4.69) is 12.2 Å². The van der Waals surface area contributed by atoms with Crippen LogP contribution in [0.4, 0.5) is 0 Å². The minimum absolute atomic E-state index is 0.0906. The van der Waals surface area contributed by atoms with Crippen molar-refractivity contribution >= 4 is 11.8 Å². The molecule has 0 aromatic carbocycles. The van der Waals surface area contributed by atoms with Crippen LogP contribution in [0.25, 0.3) is 0 Å². The number of hydrogen-bond acceptors (Lipinski definition) is 2. The predicted molar refractivity (Wildman–Crippen MR) is 78.9 cm³/mol. The minimum atomic E-state index is 0.0906. The number of carbonyl (C=O) groups excluding carboxylic acids is 2. The van der Waals surface area contributed by atoms with Gasteiger partial charge in [-0.05, 0) is 19.3 Å². The number of nitrogens with one attached hydrogen (secondary N) is 1. The third kappa shape index (κ3) is 7.85. The van der Waals surface area contributed by atoms with E-state index in [0.29, 0.717) is 13.1 Å². The quantitative estimate of drug-likeness (QED) is 0.620. The van der Waals surface area contributed by atoms with E-state index in [1.54, 1.807) is 6.92 Å². The Hall–Kier alpha value is -1.06. The second-order valence-electron chi connectivity index (χ2n) is 5.02. The van der Waals surface area contributed by atoms with Crippen LogP contribution in [0.5, 0.6) is 0 Å². The second-order valence-corrected chi connectivity index (χ2v) is 5.02. The first-order valence-electron chi connectivity index (χ1n) is 7.59. The fourth-order valence-corrected chi connectivity index (χ4v) is 2.10. The molecule has 0 fully saturated rings. The van der Waals surface area contributed by atoms with Crippen LogP contribution in [-0.4, -0.2) is 36.3 Å². The van der Waals surface area contributed by atoms with Gasteiger partial charge in [0.25, 0.3) is 0 Å². The fourth-order valence-electron chi connectivity index (χ4n) is 2.10. The molecule has 19 heavy (non-hydrogen) atoms. The summed E-state index contributed by atoms with van der Waals surface area (Å²) in [7, 11) is 0. The molecule has 0 aromatic heterocycles. The molecule has 0 spiro atoms. The average Bonchev–Trinajstić information content (AvgIpc) is 2.38. The Kier molecular flexibility index (Phi) is 10.2. The molecular formula is C15H30N2O2. The highest BCUT2D eigenvalue weighted by Crippen LogP contribution is 2.06. The maximum atomic E-state index is 11.8. The smallest absolute Gasteiger partial charge is 0.223 e. The van der Waals surface area contributed by atoms with Crippen LogP contribution in [0, 0.1) is 5.92 Å². The van der Waals surface area contributed by atoms with Crippen LogP contribution < -0.4 is 5.32 Å². The molecule has 0 radical (unpaired) electrons. The largest absolute Gasteiger partial charge is 0.354 e. The van der Waals surface area contributed by atoms with E-state index >= 15 is 0 Å². The van der Waals surface area contributed by atoms with Crippen LogP contribution in [0.3, 0.4) is 0 Å². The van der Waals surface area contributed by atoms with E-state index in [0.717, 1.165) is 38.6 Å². The first-order chi connectivity index (χ1) is 9.06. The van der Waals surface area contributed by atoms with Crippen molar-refractivity contribution in [2.75, 3.05) is 19.6 Å². The summed E-state index contributed by atoms with van der Waals surface area (Å²) in [6.07, 6.45) is 5.07. The summed E-state index contributed by atoms with van der Waals surface area (Å²) < 4.78 is 0. The summed E-state index contributed by atoms with van der Waals surface area (Å²) in [6.45, 7) is 9.76. The molecule has 0 aliphatic rings. The molecule has 0 bridgehead atoms. The zero-order valence-electron chi connectivity index (χ0n) is 13.0. The SMILES string of the molecule is CCCCCN(CCNC(=O)C(CC)CC)C(C)=O. The third-order valence-corrected chi connectivity index (χ3v) is 3.51. The first-order valence-corrected chi connectivity index (χ1v) is 7.59. The number of rotatable bonds is 10. The number of carbonyl (C=O) groups is 2. The molecule has 0 unspecified atom stereocenters. The van der Waals surface area contributed by atoms with Crippen LogP contribution in [-0.2, 0) is 9.59 Å². The lowest BCUT2D eigenvalue weighted by atomic mass is 10.0. The van der Waals surface area contributed by atoms with Crippen molar-refractivity contribution in [3.8, 4) is 0 Å². The third-order valence-electron chi connectivity index (χ3n) is 3.51. The van der Waals surface area contributed by atoms with Crippen molar-refractivity contribution in [3.63, 3.8) is 0 Å². The van der Waals surface area contributed by atoms with Gasteiger partial charge >= 0.3 is 0 Å². The van der Waals surface area contributed by atoms with Crippen molar-refractivity contribution in [2.45, 2.75) is 59.8 Å². The zero-order chi connectivity index (χ0) is 14.7. The van der Waals surface area contributed by atoms with Crippen LogP contribution in [0.15, 0.2) is 0 Å². The predicted octanol–water partition coefficient (Wildman–Crippen LogP) is 2.58. The molecule has 0 aliphatic heterocycles. The summed E-state index contributed by atoms with van der Waals surface area (Å²) in [5.41, 5.74) is 0. The van der Waals surface area contributed by atoms with Crippen LogP contribution in [0.1, 0.15) is 59.8 Å². The monoisotopic (exact) mass is 270 g/mol. The summed E-state index contributed by atoms with van der Waals surface area (Å²) in [5.74, 6) is 0.306.